The van der Waals surface area contributed by atoms with Gasteiger partial charge in [0.15, 0.2) is 0 Å². The summed E-state index contributed by atoms with van der Waals surface area (Å²) in [5.74, 6) is 0. The summed E-state index contributed by atoms with van der Waals surface area (Å²) in [5.41, 5.74) is 7.62. The maximum absolute atomic E-state index is 11.8. The van der Waals surface area contributed by atoms with Crippen molar-refractivity contribution in [3.05, 3.63) is 29.8 Å². The van der Waals surface area contributed by atoms with Gasteiger partial charge in [-0.05, 0) is 50.6 Å². The minimum absolute atomic E-state index is 0.0324. The molecule has 5 heteroatoms. The third-order valence-electron chi connectivity index (χ3n) is 3.58. The molecule has 4 N–H and O–H groups in total. The van der Waals surface area contributed by atoms with Gasteiger partial charge in [0.2, 0.25) is 0 Å². The number of hydrogen-bond donors (Lipinski definition) is 3. The maximum atomic E-state index is 11.8. The van der Waals surface area contributed by atoms with E-state index in [9.17, 15) is 4.79 Å². The third kappa shape index (κ3) is 4.51. The normalized spacial score (nSPS) is 16.9. The first-order valence-electron chi connectivity index (χ1n) is 7.28. The lowest BCUT2D eigenvalue weighted by Gasteiger charge is -2.15. The van der Waals surface area contributed by atoms with Gasteiger partial charge in [0.25, 0.3) is 0 Å². The molecule has 1 heterocycles. The molecule has 0 aromatic heterocycles. The van der Waals surface area contributed by atoms with Gasteiger partial charge in [-0.1, -0.05) is 12.1 Å². The van der Waals surface area contributed by atoms with E-state index in [2.05, 4.69) is 15.5 Å². The first-order valence-corrected chi connectivity index (χ1v) is 7.28. The molecule has 0 saturated carbocycles. The lowest BCUT2D eigenvalue weighted by atomic mass is 10.1. The zero-order valence-corrected chi connectivity index (χ0v) is 12.1. The summed E-state index contributed by atoms with van der Waals surface area (Å²) >= 11 is 0. The quantitative estimate of drug-likeness (QED) is 0.769. The maximum Gasteiger partial charge on any atom is 0.319 e. The Balaban J connectivity index is 1.74. The first kappa shape index (κ1) is 14.8. The standard InChI is InChI=1S/C15H24N4O/c1-12(16)13-5-4-6-14(11-13)18-15(20)17-7-10-19-8-2-3-9-19/h4-6,11-12H,2-3,7-10,16H2,1H3,(H2,17,18,20). The number of urea groups is 1. The largest absolute Gasteiger partial charge is 0.337 e. The molecule has 1 aliphatic rings. The predicted octanol–water partition coefficient (Wildman–Crippen LogP) is 1.92. The number of carbonyl (C=O) groups is 1. The molecule has 5 nitrogen and oxygen atoms in total. The van der Waals surface area contributed by atoms with Crippen molar-refractivity contribution < 1.29 is 4.79 Å². The summed E-state index contributed by atoms with van der Waals surface area (Å²) in [6.45, 7) is 5.83. The summed E-state index contributed by atoms with van der Waals surface area (Å²) in [7, 11) is 0. The summed E-state index contributed by atoms with van der Waals surface area (Å²) in [4.78, 5) is 14.2. The molecule has 1 aromatic carbocycles. The van der Waals surface area contributed by atoms with Crippen molar-refractivity contribution in [3.8, 4) is 0 Å². The van der Waals surface area contributed by atoms with Crippen LogP contribution in [0.25, 0.3) is 0 Å². The molecule has 1 aromatic rings. The predicted molar refractivity (Wildman–Crippen MR) is 81.7 cm³/mol. The monoisotopic (exact) mass is 276 g/mol. The van der Waals surface area contributed by atoms with E-state index in [0.717, 1.165) is 30.9 Å². The average molecular weight is 276 g/mol. The molecule has 0 radical (unpaired) electrons. The number of likely N-dealkylation sites (tertiary alicyclic amines) is 1. The summed E-state index contributed by atoms with van der Waals surface area (Å²) in [5, 5.41) is 5.72. The topological polar surface area (TPSA) is 70.4 Å². The fraction of sp³-hybridized carbons (Fsp3) is 0.533. The molecular formula is C15H24N4O. The van der Waals surface area contributed by atoms with Crippen molar-refractivity contribution in [2.75, 3.05) is 31.5 Å². The van der Waals surface area contributed by atoms with Gasteiger partial charge in [-0.25, -0.2) is 4.79 Å². The van der Waals surface area contributed by atoms with Crippen LogP contribution in [0.15, 0.2) is 24.3 Å². The number of rotatable bonds is 5. The fourth-order valence-electron chi connectivity index (χ4n) is 2.41. The van der Waals surface area contributed by atoms with Crippen LogP contribution in [0, 0.1) is 0 Å². The van der Waals surface area contributed by atoms with Crippen LogP contribution in [0.2, 0.25) is 0 Å². The molecule has 0 aliphatic carbocycles. The van der Waals surface area contributed by atoms with Crippen LogP contribution in [0.5, 0.6) is 0 Å². The van der Waals surface area contributed by atoms with Crippen LogP contribution < -0.4 is 16.4 Å². The van der Waals surface area contributed by atoms with Gasteiger partial charge >= 0.3 is 6.03 Å². The highest BCUT2D eigenvalue weighted by molar-refractivity contribution is 5.89. The van der Waals surface area contributed by atoms with Crippen molar-refractivity contribution in [1.29, 1.82) is 0 Å². The SMILES string of the molecule is CC(N)c1cccc(NC(=O)NCCN2CCCC2)c1. The van der Waals surface area contributed by atoms with Crippen LogP contribution in [0.4, 0.5) is 10.5 Å². The molecule has 2 rings (SSSR count). The fourth-order valence-corrected chi connectivity index (χ4v) is 2.41. The van der Waals surface area contributed by atoms with Gasteiger partial charge < -0.3 is 21.3 Å². The lowest BCUT2D eigenvalue weighted by molar-refractivity contribution is 0.249. The van der Waals surface area contributed by atoms with Crippen LogP contribution in [-0.4, -0.2) is 37.1 Å². The Morgan fingerprint density at radius 3 is 2.85 bits per heavy atom. The number of nitrogens with one attached hydrogen (secondary N) is 2. The van der Waals surface area contributed by atoms with E-state index in [0.29, 0.717) is 6.54 Å². The zero-order valence-electron chi connectivity index (χ0n) is 12.1. The Morgan fingerprint density at radius 1 is 1.40 bits per heavy atom. The van der Waals surface area contributed by atoms with E-state index in [1.165, 1.54) is 12.8 Å². The second kappa shape index (κ2) is 7.26. The van der Waals surface area contributed by atoms with Gasteiger partial charge in [0.05, 0.1) is 0 Å². The molecule has 20 heavy (non-hydrogen) atoms. The Kier molecular flexibility index (Phi) is 5.38. The number of hydrogen-bond acceptors (Lipinski definition) is 3. The number of anilines is 1. The van der Waals surface area contributed by atoms with Crippen molar-refractivity contribution in [2.24, 2.45) is 5.73 Å². The zero-order chi connectivity index (χ0) is 14.4. The second-order valence-electron chi connectivity index (χ2n) is 5.34. The van der Waals surface area contributed by atoms with Crippen LogP contribution in [0.1, 0.15) is 31.4 Å². The summed E-state index contributed by atoms with van der Waals surface area (Å²) < 4.78 is 0. The molecule has 0 spiro atoms. The van der Waals surface area contributed by atoms with Crippen LogP contribution >= 0.6 is 0 Å². The minimum atomic E-state index is -0.161. The second-order valence-corrected chi connectivity index (χ2v) is 5.34. The molecule has 1 saturated heterocycles. The van der Waals surface area contributed by atoms with E-state index in [1.54, 1.807) is 0 Å². The highest BCUT2D eigenvalue weighted by Crippen LogP contribution is 2.15. The Morgan fingerprint density at radius 2 is 2.15 bits per heavy atom. The molecule has 110 valence electrons. The summed E-state index contributed by atoms with van der Waals surface area (Å²) in [6.07, 6.45) is 2.55. The van der Waals surface area contributed by atoms with Crippen molar-refractivity contribution >= 4 is 11.7 Å². The van der Waals surface area contributed by atoms with Crippen molar-refractivity contribution in [1.82, 2.24) is 10.2 Å². The van der Waals surface area contributed by atoms with Crippen LogP contribution in [-0.2, 0) is 0 Å². The number of nitrogens with zero attached hydrogens (tertiary/aromatic N) is 1. The third-order valence-corrected chi connectivity index (χ3v) is 3.58. The molecule has 1 fully saturated rings. The van der Waals surface area contributed by atoms with E-state index in [1.807, 2.05) is 31.2 Å². The Labute approximate surface area is 120 Å². The smallest absolute Gasteiger partial charge is 0.319 e. The van der Waals surface area contributed by atoms with E-state index < -0.39 is 0 Å². The highest BCUT2D eigenvalue weighted by Gasteiger charge is 2.11. The van der Waals surface area contributed by atoms with Crippen molar-refractivity contribution in [3.63, 3.8) is 0 Å². The van der Waals surface area contributed by atoms with Gasteiger partial charge in [-0.2, -0.15) is 0 Å². The Bertz CT molecular complexity index is 441. The van der Waals surface area contributed by atoms with E-state index in [4.69, 9.17) is 5.73 Å². The number of nitrogens with two attached hydrogens (primary N) is 1. The summed E-state index contributed by atoms with van der Waals surface area (Å²) in [6, 6.07) is 7.44. The molecule has 1 atom stereocenters. The molecule has 2 amide bonds. The molecule has 0 bridgehead atoms. The lowest BCUT2D eigenvalue weighted by Crippen LogP contribution is -2.35. The van der Waals surface area contributed by atoms with Crippen molar-refractivity contribution in [2.45, 2.75) is 25.8 Å². The van der Waals surface area contributed by atoms with E-state index >= 15 is 0 Å². The minimum Gasteiger partial charge on any atom is -0.337 e. The average Bonchev–Trinajstić information content (AvgIpc) is 2.92. The van der Waals surface area contributed by atoms with E-state index in [-0.39, 0.29) is 12.1 Å². The van der Waals surface area contributed by atoms with Gasteiger partial charge in [-0.3, -0.25) is 0 Å². The highest BCUT2D eigenvalue weighted by atomic mass is 16.2. The van der Waals surface area contributed by atoms with Gasteiger partial charge in [-0.15, -0.1) is 0 Å². The molecular weight excluding hydrogens is 252 g/mol. The molecule has 1 unspecified atom stereocenters. The molecule has 1 aliphatic heterocycles. The van der Waals surface area contributed by atoms with Gasteiger partial charge in [0, 0.05) is 24.8 Å². The number of benzene rings is 1. The number of amides is 2. The van der Waals surface area contributed by atoms with Crippen LogP contribution in [0.3, 0.4) is 0 Å². The first-order chi connectivity index (χ1) is 9.65. The van der Waals surface area contributed by atoms with Gasteiger partial charge in [0.1, 0.15) is 0 Å². The number of carbonyl (C=O) groups excluding carboxylic acids is 1. The Hall–Kier alpha value is -1.59.